The van der Waals surface area contributed by atoms with E-state index in [1.165, 1.54) is 0 Å². The second-order valence-electron chi connectivity index (χ2n) is 3.43. The van der Waals surface area contributed by atoms with Gasteiger partial charge in [0.05, 0.1) is 0 Å². The highest BCUT2D eigenvalue weighted by Crippen LogP contribution is 1.97. The van der Waals surface area contributed by atoms with Gasteiger partial charge in [0.15, 0.2) is 0 Å². The van der Waals surface area contributed by atoms with E-state index >= 15 is 0 Å². The zero-order valence-corrected chi connectivity index (χ0v) is 9.08. The number of ether oxygens (including phenoxy) is 1. The SMILES string of the molecule is COCCCC(=O)NC(C)CCCO. The molecular weight excluding hydrogens is 182 g/mol. The normalized spacial score (nSPS) is 12.5. The topological polar surface area (TPSA) is 58.6 Å². The lowest BCUT2D eigenvalue weighted by Gasteiger charge is -2.12. The molecule has 0 radical (unpaired) electrons. The number of rotatable bonds is 8. The molecule has 0 aliphatic heterocycles. The van der Waals surface area contributed by atoms with Gasteiger partial charge >= 0.3 is 0 Å². The number of aliphatic hydroxyl groups is 1. The number of methoxy groups -OCH3 is 1. The summed E-state index contributed by atoms with van der Waals surface area (Å²) in [6.07, 6.45) is 2.83. The standard InChI is InChI=1S/C10H21NO3/c1-9(5-3-7-12)11-10(13)6-4-8-14-2/h9,12H,3-8H2,1-2H3,(H,11,13). The first-order valence-corrected chi connectivity index (χ1v) is 5.10. The monoisotopic (exact) mass is 203 g/mol. The van der Waals surface area contributed by atoms with Crippen LogP contribution in [0.2, 0.25) is 0 Å². The molecule has 2 N–H and O–H groups in total. The largest absolute Gasteiger partial charge is 0.396 e. The minimum absolute atomic E-state index is 0.0625. The average Bonchev–Trinajstić information content (AvgIpc) is 2.15. The molecule has 0 heterocycles. The number of carbonyl (C=O) groups excluding carboxylic acids is 1. The van der Waals surface area contributed by atoms with E-state index < -0.39 is 0 Å². The lowest BCUT2D eigenvalue weighted by Crippen LogP contribution is -2.32. The Morgan fingerprint density at radius 2 is 2.21 bits per heavy atom. The number of amides is 1. The summed E-state index contributed by atoms with van der Waals surface area (Å²) >= 11 is 0. The molecule has 84 valence electrons. The lowest BCUT2D eigenvalue weighted by atomic mass is 10.2. The molecule has 0 fully saturated rings. The van der Waals surface area contributed by atoms with Crippen LogP contribution in [0.3, 0.4) is 0 Å². The fraction of sp³-hybridized carbons (Fsp3) is 0.900. The molecule has 1 amide bonds. The third kappa shape index (κ3) is 8.01. The summed E-state index contributed by atoms with van der Waals surface area (Å²) in [5.74, 6) is 0.0625. The third-order valence-corrected chi connectivity index (χ3v) is 1.95. The van der Waals surface area contributed by atoms with Crippen LogP contribution in [0.1, 0.15) is 32.6 Å². The zero-order valence-electron chi connectivity index (χ0n) is 9.08. The molecule has 0 bridgehead atoms. The highest BCUT2D eigenvalue weighted by molar-refractivity contribution is 5.76. The van der Waals surface area contributed by atoms with Gasteiger partial charge in [-0.25, -0.2) is 0 Å². The van der Waals surface area contributed by atoms with Gasteiger partial charge in [0.2, 0.25) is 5.91 Å². The van der Waals surface area contributed by atoms with Crippen LogP contribution >= 0.6 is 0 Å². The van der Waals surface area contributed by atoms with E-state index in [9.17, 15) is 4.79 Å². The summed E-state index contributed by atoms with van der Waals surface area (Å²) in [6.45, 7) is 2.76. The molecule has 1 atom stereocenters. The molecule has 0 spiro atoms. The third-order valence-electron chi connectivity index (χ3n) is 1.95. The van der Waals surface area contributed by atoms with E-state index in [0.717, 1.165) is 19.3 Å². The van der Waals surface area contributed by atoms with Gasteiger partial charge in [-0.3, -0.25) is 4.79 Å². The number of hydrogen-bond donors (Lipinski definition) is 2. The second kappa shape index (κ2) is 8.97. The molecule has 0 rings (SSSR count). The Hall–Kier alpha value is -0.610. The highest BCUT2D eigenvalue weighted by Gasteiger charge is 2.05. The van der Waals surface area contributed by atoms with Crippen LogP contribution in [0.25, 0.3) is 0 Å². The van der Waals surface area contributed by atoms with E-state index in [1.54, 1.807) is 7.11 Å². The fourth-order valence-electron chi connectivity index (χ4n) is 1.19. The van der Waals surface area contributed by atoms with Gasteiger partial charge in [-0.15, -0.1) is 0 Å². The van der Waals surface area contributed by atoms with Gasteiger partial charge in [0, 0.05) is 32.8 Å². The van der Waals surface area contributed by atoms with Crippen LogP contribution in [0.15, 0.2) is 0 Å². The maximum atomic E-state index is 11.3. The molecule has 4 heteroatoms. The van der Waals surface area contributed by atoms with Crippen LogP contribution in [0, 0.1) is 0 Å². The number of aliphatic hydroxyl groups excluding tert-OH is 1. The first kappa shape index (κ1) is 13.4. The summed E-state index contributed by atoms with van der Waals surface area (Å²) in [5.41, 5.74) is 0. The summed E-state index contributed by atoms with van der Waals surface area (Å²) in [7, 11) is 1.63. The van der Waals surface area contributed by atoms with Crippen molar-refractivity contribution in [1.82, 2.24) is 5.32 Å². The predicted octanol–water partition coefficient (Wildman–Crippen LogP) is 0.690. The van der Waals surface area contributed by atoms with E-state index in [0.29, 0.717) is 13.0 Å². The van der Waals surface area contributed by atoms with Crippen molar-refractivity contribution in [3.8, 4) is 0 Å². The first-order chi connectivity index (χ1) is 6.70. The Bertz CT molecular complexity index is 150. The Morgan fingerprint density at radius 1 is 1.50 bits per heavy atom. The van der Waals surface area contributed by atoms with Crippen molar-refractivity contribution < 1.29 is 14.6 Å². The van der Waals surface area contributed by atoms with Crippen molar-refractivity contribution in [2.75, 3.05) is 20.3 Å². The van der Waals surface area contributed by atoms with E-state index in [-0.39, 0.29) is 18.6 Å². The summed E-state index contributed by atoms with van der Waals surface area (Å²) in [6, 6.07) is 0.150. The molecule has 14 heavy (non-hydrogen) atoms. The number of carbonyl (C=O) groups is 1. The van der Waals surface area contributed by atoms with E-state index in [4.69, 9.17) is 9.84 Å². The minimum atomic E-state index is 0.0625. The van der Waals surface area contributed by atoms with E-state index in [2.05, 4.69) is 5.32 Å². The van der Waals surface area contributed by atoms with Gasteiger partial charge in [-0.1, -0.05) is 0 Å². The van der Waals surface area contributed by atoms with Crippen molar-refractivity contribution in [3.05, 3.63) is 0 Å². The van der Waals surface area contributed by atoms with Gasteiger partial charge < -0.3 is 15.2 Å². The molecule has 4 nitrogen and oxygen atoms in total. The number of nitrogens with one attached hydrogen (secondary N) is 1. The predicted molar refractivity (Wildman–Crippen MR) is 55.0 cm³/mol. The number of hydrogen-bond acceptors (Lipinski definition) is 3. The summed E-state index contributed by atoms with van der Waals surface area (Å²) in [4.78, 5) is 11.3. The van der Waals surface area contributed by atoms with Crippen LogP contribution < -0.4 is 5.32 Å². The van der Waals surface area contributed by atoms with Crippen LogP contribution in [0.5, 0.6) is 0 Å². The maximum absolute atomic E-state index is 11.3. The van der Waals surface area contributed by atoms with Crippen molar-refractivity contribution in [2.24, 2.45) is 0 Å². The molecule has 0 aromatic carbocycles. The second-order valence-corrected chi connectivity index (χ2v) is 3.43. The van der Waals surface area contributed by atoms with Gasteiger partial charge in [-0.2, -0.15) is 0 Å². The molecular formula is C10H21NO3. The van der Waals surface area contributed by atoms with Crippen molar-refractivity contribution in [2.45, 2.75) is 38.6 Å². The van der Waals surface area contributed by atoms with Crippen molar-refractivity contribution in [1.29, 1.82) is 0 Å². The molecule has 1 unspecified atom stereocenters. The van der Waals surface area contributed by atoms with Gasteiger partial charge in [-0.05, 0) is 26.2 Å². The summed E-state index contributed by atoms with van der Waals surface area (Å²) in [5, 5.41) is 11.5. The van der Waals surface area contributed by atoms with E-state index in [1.807, 2.05) is 6.92 Å². The Morgan fingerprint density at radius 3 is 2.79 bits per heavy atom. The molecule has 0 saturated carbocycles. The van der Waals surface area contributed by atoms with Crippen molar-refractivity contribution >= 4 is 5.91 Å². The smallest absolute Gasteiger partial charge is 0.220 e. The van der Waals surface area contributed by atoms with Crippen LogP contribution in [-0.4, -0.2) is 37.4 Å². The van der Waals surface area contributed by atoms with Gasteiger partial charge in [0.1, 0.15) is 0 Å². The molecule has 0 aromatic rings. The first-order valence-electron chi connectivity index (χ1n) is 5.10. The minimum Gasteiger partial charge on any atom is -0.396 e. The zero-order chi connectivity index (χ0) is 10.8. The van der Waals surface area contributed by atoms with Crippen LogP contribution in [-0.2, 0) is 9.53 Å². The Labute approximate surface area is 85.6 Å². The fourth-order valence-corrected chi connectivity index (χ4v) is 1.19. The maximum Gasteiger partial charge on any atom is 0.220 e. The average molecular weight is 203 g/mol. The lowest BCUT2D eigenvalue weighted by molar-refractivity contribution is -0.122. The van der Waals surface area contributed by atoms with Crippen molar-refractivity contribution in [3.63, 3.8) is 0 Å². The van der Waals surface area contributed by atoms with Gasteiger partial charge in [0.25, 0.3) is 0 Å². The molecule has 0 aliphatic rings. The Kier molecular flexibility index (Phi) is 8.57. The molecule has 0 aromatic heterocycles. The Balaban J connectivity index is 3.40. The van der Waals surface area contributed by atoms with Crippen LogP contribution in [0.4, 0.5) is 0 Å². The highest BCUT2D eigenvalue weighted by atomic mass is 16.5. The quantitative estimate of drug-likeness (QED) is 0.571. The molecule has 0 saturated heterocycles. The molecule has 0 aliphatic carbocycles. The summed E-state index contributed by atoms with van der Waals surface area (Å²) < 4.78 is 4.85.